The summed E-state index contributed by atoms with van der Waals surface area (Å²) in [7, 11) is -3.17. The minimum absolute atomic E-state index is 0.216. The zero-order chi connectivity index (χ0) is 19.4. The lowest BCUT2D eigenvalue weighted by molar-refractivity contribution is -0.134. The Morgan fingerprint density at radius 1 is 1.19 bits per heavy atom. The molecule has 2 rings (SSSR count). The molecular weight excluding hydrogens is 366 g/mol. The van der Waals surface area contributed by atoms with E-state index in [1.165, 1.54) is 12.7 Å². The number of carbonyl (C=O) groups excluding carboxylic acids is 1. The number of amides is 1. The number of nitrogens with zero attached hydrogens (tertiary/aromatic N) is 1. The zero-order valence-electron chi connectivity index (χ0n) is 16.3. The Morgan fingerprint density at radius 3 is 2.42 bits per heavy atom. The highest BCUT2D eigenvalue weighted by molar-refractivity contribution is 8.00. The van der Waals surface area contributed by atoms with Crippen LogP contribution in [-0.4, -0.2) is 48.6 Å². The van der Waals surface area contributed by atoms with Gasteiger partial charge in [-0.05, 0) is 43.4 Å². The Kier molecular flexibility index (Phi) is 7.19. The monoisotopic (exact) mass is 397 g/mol. The fourth-order valence-electron chi connectivity index (χ4n) is 3.15. The van der Waals surface area contributed by atoms with Gasteiger partial charge in [-0.1, -0.05) is 32.9 Å². The number of piperidine rings is 1. The van der Waals surface area contributed by atoms with Crippen molar-refractivity contribution in [2.24, 2.45) is 0 Å². The standard InChI is InChI=1S/C20H31NO3S2/c1-20(2,3)25-15-17-7-5-6-14-21(17)19(22)13-10-16-8-11-18(12-9-16)26(4,23)24/h8-9,11-12,17H,5-7,10,13-15H2,1-4H3. The summed E-state index contributed by atoms with van der Waals surface area (Å²) in [6, 6.07) is 7.21. The van der Waals surface area contributed by atoms with Gasteiger partial charge in [-0.25, -0.2) is 8.42 Å². The normalized spacial score (nSPS) is 18.8. The molecule has 1 saturated heterocycles. The number of likely N-dealkylation sites (tertiary alicyclic amines) is 1. The topological polar surface area (TPSA) is 54.5 Å². The number of rotatable bonds is 6. The summed E-state index contributed by atoms with van der Waals surface area (Å²) in [6.45, 7) is 7.51. The van der Waals surface area contributed by atoms with Gasteiger partial charge in [-0.3, -0.25) is 4.79 Å². The molecule has 1 heterocycles. The van der Waals surface area contributed by atoms with Crippen LogP contribution in [0.25, 0.3) is 0 Å². The lowest BCUT2D eigenvalue weighted by atomic mass is 10.0. The van der Waals surface area contributed by atoms with E-state index >= 15 is 0 Å². The molecule has 0 aliphatic carbocycles. The van der Waals surface area contributed by atoms with Crippen molar-refractivity contribution in [3.05, 3.63) is 29.8 Å². The largest absolute Gasteiger partial charge is 0.339 e. The summed E-state index contributed by atoms with van der Waals surface area (Å²) >= 11 is 1.93. The van der Waals surface area contributed by atoms with E-state index in [0.717, 1.165) is 30.7 Å². The van der Waals surface area contributed by atoms with Crippen molar-refractivity contribution in [1.82, 2.24) is 4.90 Å². The van der Waals surface area contributed by atoms with Crippen LogP contribution in [0.5, 0.6) is 0 Å². The molecule has 1 unspecified atom stereocenters. The first-order chi connectivity index (χ1) is 12.1. The van der Waals surface area contributed by atoms with E-state index in [4.69, 9.17) is 0 Å². The molecule has 1 atom stereocenters. The van der Waals surface area contributed by atoms with Gasteiger partial charge in [0.15, 0.2) is 9.84 Å². The third-order valence-electron chi connectivity index (χ3n) is 4.64. The Balaban J connectivity index is 1.92. The van der Waals surface area contributed by atoms with Gasteiger partial charge in [-0.2, -0.15) is 11.8 Å². The Labute approximate surface area is 162 Å². The van der Waals surface area contributed by atoms with Crippen LogP contribution >= 0.6 is 11.8 Å². The lowest BCUT2D eigenvalue weighted by Crippen LogP contribution is -2.45. The Bertz CT molecular complexity index is 706. The number of benzene rings is 1. The van der Waals surface area contributed by atoms with Crippen LogP contribution in [0.3, 0.4) is 0 Å². The maximum Gasteiger partial charge on any atom is 0.223 e. The number of thioether (sulfide) groups is 1. The lowest BCUT2D eigenvalue weighted by Gasteiger charge is -2.37. The zero-order valence-corrected chi connectivity index (χ0v) is 18.0. The predicted octanol–water partition coefficient (Wildman–Crippen LogP) is 3.94. The summed E-state index contributed by atoms with van der Waals surface area (Å²) in [4.78, 5) is 15.2. The highest BCUT2D eigenvalue weighted by atomic mass is 32.2. The predicted molar refractivity (Wildman–Crippen MR) is 109 cm³/mol. The average Bonchev–Trinajstić information content (AvgIpc) is 2.57. The number of carbonyl (C=O) groups is 1. The van der Waals surface area contributed by atoms with Crippen molar-refractivity contribution < 1.29 is 13.2 Å². The van der Waals surface area contributed by atoms with Crippen molar-refractivity contribution in [3.8, 4) is 0 Å². The number of aryl methyl sites for hydroxylation is 1. The molecule has 0 N–H and O–H groups in total. The molecule has 0 spiro atoms. The third kappa shape index (κ3) is 6.62. The second-order valence-corrected chi connectivity index (χ2v) is 11.9. The van der Waals surface area contributed by atoms with Gasteiger partial charge in [0.25, 0.3) is 0 Å². The molecule has 1 aromatic rings. The van der Waals surface area contributed by atoms with Crippen LogP contribution in [0.1, 0.15) is 52.0 Å². The second kappa shape index (κ2) is 8.79. The van der Waals surface area contributed by atoms with E-state index in [0.29, 0.717) is 23.8 Å². The number of hydrogen-bond acceptors (Lipinski definition) is 4. The van der Waals surface area contributed by atoms with E-state index in [2.05, 4.69) is 25.7 Å². The highest BCUT2D eigenvalue weighted by Crippen LogP contribution is 2.29. The molecular formula is C20H31NO3S2. The maximum atomic E-state index is 12.8. The summed E-state index contributed by atoms with van der Waals surface area (Å²) in [5.74, 6) is 1.22. The maximum absolute atomic E-state index is 12.8. The quantitative estimate of drug-likeness (QED) is 0.730. The van der Waals surface area contributed by atoms with Gasteiger partial charge in [0, 0.05) is 35.8 Å². The summed E-state index contributed by atoms with van der Waals surface area (Å²) in [6.07, 6.45) is 5.72. The minimum Gasteiger partial charge on any atom is -0.339 e. The molecule has 1 aliphatic rings. The van der Waals surface area contributed by atoms with Gasteiger partial charge >= 0.3 is 0 Å². The van der Waals surface area contributed by atoms with Gasteiger partial charge in [0.05, 0.1) is 4.90 Å². The first kappa shape index (κ1) is 21.3. The second-order valence-electron chi connectivity index (χ2n) is 8.08. The van der Waals surface area contributed by atoms with E-state index in [1.54, 1.807) is 12.1 Å². The van der Waals surface area contributed by atoms with E-state index in [1.807, 2.05) is 23.9 Å². The van der Waals surface area contributed by atoms with Gasteiger partial charge in [-0.15, -0.1) is 0 Å². The van der Waals surface area contributed by atoms with Gasteiger partial charge in [0.1, 0.15) is 0 Å². The fourth-order valence-corrected chi connectivity index (χ4v) is 4.82. The van der Waals surface area contributed by atoms with Gasteiger partial charge in [0.2, 0.25) is 5.91 Å². The van der Waals surface area contributed by atoms with Crippen LogP contribution in [0.15, 0.2) is 29.2 Å². The molecule has 146 valence electrons. The molecule has 1 amide bonds. The Hall–Kier alpha value is -1.01. The van der Waals surface area contributed by atoms with Crippen molar-refractivity contribution in [2.45, 2.75) is 68.6 Å². The molecule has 0 bridgehead atoms. The highest BCUT2D eigenvalue weighted by Gasteiger charge is 2.27. The van der Waals surface area contributed by atoms with Crippen molar-refractivity contribution >= 4 is 27.5 Å². The number of sulfone groups is 1. The first-order valence-electron chi connectivity index (χ1n) is 9.29. The van der Waals surface area contributed by atoms with E-state index < -0.39 is 9.84 Å². The van der Waals surface area contributed by atoms with Crippen molar-refractivity contribution in [2.75, 3.05) is 18.6 Å². The Morgan fingerprint density at radius 2 is 1.85 bits per heavy atom. The van der Waals surface area contributed by atoms with Gasteiger partial charge < -0.3 is 4.90 Å². The van der Waals surface area contributed by atoms with Crippen molar-refractivity contribution in [1.29, 1.82) is 0 Å². The van der Waals surface area contributed by atoms with Crippen LogP contribution in [0.2, 0.25) is 0 Å². The van der Waals surface area contributed by atoms with Crippen LogP contribution in [0, 0.1) is 0 Å². The minimum atomic E-state index is -3.17. The van der Waals surface area contributed by atoms with Crippen LogP contribution in [-0.2, 0) is 21.1 Å². The molecule has 1 fully saturated rings. The number of hydrogen-bond donors (Lipinski definition) is 0. The van der Waals surface area contributed by atoms with E-state index in [9.17, 15) is 13.2 Å². The SMILES string of the molecule is CC(C)(C)SCC1CCCCN1C(=O)CCc1ccc(S(C)(=O)=O)cc1. The molecule has 1 aromatic carbocycles. The smallest absolute Gasteiger partial charge is 0.223 e. The van der Waals surface area contributed by atoms with Crippen molar-refractivity contribution in [3.63, 3.8) is 0 Å². The molecule has 6 heteroatoms. The molecule has 26 heavy (non-hydrogen) atoms. The summed E-state index contributed by atoms with van der Waals surface area (Å²) in [5.41, 5.74) is 1.00. The molecule has 0 radical (unpaired) electrons. The average molecular weight is 398 g/mol. The van der Waals surface area contributed by atoms with Crippen LogP contribution in [0.4, 0.5) is 0 Å². The van der Waals surface area contributed by atoms with Crippen LogP contribution < -0.4 is 0 Å². The molecule has 4 nitrogen and oxygen atoms in total. The molecule has 1 aliphatic heterocycles. The third-order valence-corrected chi connectivity index (χ3v) is 7.18. The fraction of sp³-hybridized carbons (Fsp3) is 0.650. The summed E-state index contributed by atoms with van der Waals surface area (Å²) in [5, 5.41) is 0. The van der Waals surface area contributed by atoms with E-state index in [-0.39, 0.29) is 10.7 Å². The molecule has 0 saturated carbocycles. The molecule has 0 aromatic heterocycles. The first-order valence-corrected chi connectivity index (χ1v) is 12.2. The summed E-state index contributed by atoms with van der Waals surface area (Å²) < 4.78 is 23.3.